The first-order valence-electron chi connectivity index (χ1n) is 8.84. The van der Waals surface area contributed by atoms with Gasteiger partial charge >= 0.3 is 6.09 Å². The van der Waals surface area contributed by atoms with E-state index in [9.17, 15) is 9.59 Å². The van der Waals surface area contributed by atoms with Crippen molar-refractivity contribution in [2.75, 3.05) is 29.4 Å². The van der Waals surface area contributed by atoms with Crippen molar-refractivity contribution in [1.82, 2.24) is 5.16 Å². The van der Waals surface area contributed by atoms with Crippen molar-refractivity contribution in [1.29, 1.82) is 0 Å². The highest BCUT2D eigenvalue weighted by Gasteiger charge is 2.35. The molecule has 2 aromatic rings. The molecule has 9 heteroatoms. The monoisotopic (exact) mass is 377 g/mol. The lowest BCUT2D eigenvalue weighted by atomic mass is 10.1. The Hall–Kier alpha value is -2.68. The normalized spacial score (nSPS) is 25.9. The second-order valence-corrected chi connectivity index (χ2v) is 7.10. The van der Waals surface area contributed by atoms with Gasteiger partial charge in [0.15, 0.2) is 17.9 Å². The zero-order chi connectivity index (χ0) is 19.3. The number of hydrogen-bond acceptors (Lipinski definition) is 7. The molecule has 0 N–H and O–H groups in total. The molecule has 1 amide bonds. The molecule has 2 fully saturated rings. The van der Waals surface area contributed by atoms with Crippen LogP contribution < -0.4 is 9.80 Å². The molecule has 4 rings (SSSR count). The summed E-state index contributed by atoms with van der Waals surface area (Å²) in [5.41, 5.74) is 0.246. The number of nitrogens with zero attached hydrogens (tertiary/aromatic N) is 3. The Morgan fingerprint density at radius 1 is 1.19 bits per heavy atom. The fourth-order valence-corrected chi connectivity index (χ4v) is 3.78. The third-order valence-corrected chi connectivity index (χ3v) is 4.77. The van der Waals surface area contributed by atoms with Crippen molar-refractivity contribution in [2.24, 2.45) is 0 Å². The van der Waals surface area contributed by atoms with E-state index in [1.807, 2.05) is 13.8 Å². The van der Waals surface area contributed by atoms with Crippen molar-refractivity contribution in [3.8, 4) is 0 Å². The van der Waals surface area contributed by atoms with Crippen LogP contribution in [-0.4, -0.2) is 55.5 Å². The predicted octanol–water partition coefficient (Wildman–Crippen LogP) is 2.74. The number of aldehydes is 1. The van der Waals surface area contributed by atoms with Crippen molar-refractivity contribution in [3.05, 3.63) is 17.4 Å². The van der Waals surface area contributed by atoms with E-state index in [0.29, 0.717) is 19.4 Å². The van der Waals surface area contributed by atoms with E-state index in [-0.39, 0.29) is 52.9 Å². The molecule has 2 aliphatic heterocycles. The fourth-order valence-electron chi connectivity index (χ4n) is 3.78. The van der Waals surface area contributed by atoms with E-state index in [0.717, 1.165) is 0 Å². The van der Waals surface area contributed by atoms with Crippen LogP contribution in [0.25, 0.3) is 11.0 Å². The maximum Gasteiger partial charge on any atom is 0.416 e. The molecule has 0 radical (unpaired) electrons. The quantitative estimate of drug-likeness (QED) is 0.760. The van der Waals surface area contributed by atoms with Crippen LogP contribution in [0.2, 0.25) is 0 Å². The molecule has 0 saturated carbocycles. The zero-order valence-corrected chi connectivity index (χ0v) is 15.3. The summed E-state index contributed by atoms with van der Waals surface area (Å²) in [5, 5.41) is 4.13. The molecule has 1 aromatic heterocycles. The first-order chi connectivity index (χ1) is 12.9. The average Bonchev–Trinajstić information content (AvgIpc) is 3.16. The fraction of sp³-hybridized carbons (Fsp3) is 0.500. The van der Waals surface area contributed by atoms with E-state index in [2.05, 4.69) is 5.16 Å². The van der Waals surface area contributed by atoms with E-state index >= 15 is 4.39 Å². The van der Waals surface area contributed by atoms with Gasteiger partial charge in [0.25, 0.3) is 0 Å². The molecule has 2 saturated heterocycles. The third kappa shape index (κ3) is 2.91. The molecule has 2 aliphatic rings. The molecule has 0 bridgehead atoms. The largest absolute Gasteiger partial charge is 0.444 e. The molecule has 1 unspecified atom stereocenters. The van der Waals surface area contributed by atoms with Gasteiger partial charge in [-0.1, -0.05) is 5.16 Å². The molecule has 1 aromatic carbocycles. The van der Waals surface area contributed by atoms with E-state index in [4.69, 9.17) is 14.0 Å². The smallest absolute Gasteiger partial charge is 0.416 e. The van der Waals surface area contributed by atoms with Crippen molar-refractivity contribution in [2.45, 2.75) is 39.1 Å². The Bertz CT molecular complexity index is 904. The Morgan fingerprint density at radius 2 is 1.89 bits per heavy atom. The second-order valence-electron chi connectivity index (χ2n) is 7.10. The molecule has 0 spiro atoms. The number of cyclic esters (lactones) is 1. The van der Waals surface area contributed by atoms with Crippen LogP contribution in [0.1, 0.15) is 31.1 Å². The van der Waals surface area contributed by atoms with Crippen molar-refractivity contribution < 1.29 is 28.0 Å². The minimum Gasteiger partial charge on any atom is -0.444 e. The number of fused-ring (bicyclic) bond motifs is 1. The summed E-state index contributed by atoms with van der Waals surface area (Å²) in [6, 6.07) is 1.51. The second kappa shape index (κ2) is 6.49. The summed E-state index contributed by atoms with van der Waals surface area (Å²) in [7, 11) is 0. The Kier molecular flexibility index (Phi) is 4.26. The van der Waals surface area contributed by atoms with Crippen LogP contribution in [0.15, 0.2) is 10.6 Å². The molecule has 144 valence electrons. The minimum atomic E-state index is -0.671. The topological polar surface area (TPSA) is 85.1 Å². The number of carbonyl (C=O) groups excluding carboxylic acids is 2. The van der Waals surface area contributed by atoms with Gasteiger partial charge in [-0.05, 0) is 26.8 Å². The summed E-state index contributed by atoms with van der Waals surface area (Å²) in [6.45, 7) is 6.71. The Labute approximate surface area is 154 Å². The number of aromatic nitrogens is 1. The third-order valence-electron chi connectivity index (χ3n) is 4.77. The first kappa shape index (κ1) is 17.7. The number of hydrogen-bond donors (Lipinski definition) is 0. The number of benzene rings is 1. The van der Waals surface area contributed by atoms with Gasteiger partial charge in [0.05, 0.1) is 29.8 Å². The molecule has 0 aliphatic carbocycles. The van der Waals surface area contributed by atoms with Crippen LogP contribution in [-0.2, 0) is 9.47 Å². The van der Waals surface area contributed by atoms with Gasteiger partial charge in [0.2, 0.25) is 5.58 Å². The molecular weight excluding hydrogens is 357 g/mol. The van der Waals surface area contributed by atoms with Gasteiger partial charge in [0.1, 0.15) is 6.10 Å². The van der Waals surface area contributed by atoms with Crippen molar-refractivity contribution >= 4 is 34.9 Å². The van der Waals surface area contributed by atoms with Gasteiger partial charge in [-0.2, -0.15) is 0 Å². The van der Waals surface area contributed by atoms with Crippen LogP contribution >= 0.6 is 0 Å². The van der Waals surface area contributed by atoms with E-state index in [1.54, 1.807) is 11.8 Å². The summed E-state index contributed by atoms with van der Waals surface area (Å²) in [4.78, 5) is 26.8. The van der Waals surface area contributed by atoms with Gasteiger partial charge in [-0.3, -0.25) is 9.69 Å². The van der Waals surface area contributed by atoms with Crippen LogP contribution in [0, 0.1) is 5.82 Å². The summed E-state index contributed by atoms with van der Waals surface area (Å²) in [5.74, 6) is -0.521. The number of amides is 1. The number of carbonyl (C=O) groups is 2. The lowest BCUT2D eigenvalue weighted by Gasteiger charge is -2.37. The SMILES string of the molecule is CC1CN(c2noc3c(F)c(N4C[C@@H](C)O[C@H](C)C4)c(C=O)cc23)C(=O)O1. The van der Waals surface area contributed by atoms with Gasteiger partial charge in [0, 0.05) is 18.7 Å². The molecule has 8 nitrogen and oxygen atoms in total. The molecule has 3 atom stereocenters. The van der Waals surface area contributed by atoms with Crippen molar-refractivity contribution in [3.63, 3.8) is 0 Å². The maximum absolute atomic E-state index is 15.3. The average molecular weight is 377 g/mol. The zero-order valence-electron chi connectivity index (χ0n) is 15.3. The number of halogens is 1. The lowest BCUT2D eigenvalue weighted by molar-refractivity contribution is -0.00543. The maximum atomic E-state index is 15.3. The summed E-state index contributed by atoms with van der Waals surface area (Å²) < 4.78 is 31.3. The highest BCUT2D eigenvalue weighted by atomic mass is 19.1. The number of anilines is 2. The van der Waals surface area contributed by atoms with Gasteiger partial charge in [-0.15, -0.1) is 0 Å². The summed E-state index contributed by atoms with van der Waals surface area (Å²) in [6.07, 6.45) is -0.491. The van der Waals surface area contributed by atoms with E-state index < -0.39 is 11.9 Å². The van der Waals surface area contributed by atoms with Crippen LogP contribution in [0.3, 0.4) is 0 Å². The molecule has 27 heavy (non-hydrogen) atoms. The first-order valence-corrected chi connectivity index (χ1v) is 8.84. The lowest BCUT2D eigenvalue weighted by Crippen LogP contribution is -2.46. The minimum absolute atomic E-state index is 0.0928. The van der Waals surface area contributed by atoms with E-state index in [1.165, 1.54) is 11.0 Å². The van der Waals surface area contributed by atoms with Crippen LogP contribution in [0.5, 0.6) is 0 Å². The molecule has 3 heterocycles. The highest BCUT2D eigenvalue weighted by Crippen LogP contribution is 2.37. The Morgan fingerprint density at radius 3 is 2.48 bits per heavy atom. The Balaban J connectivity index is 1.82. The standard InChI is InChI=1S/C18H20FN3O5/c1-9-5-21(6-10(2)25-9)15-12(8-23)4-13-16(14(15)19)27-20-17(13)22-7-11(3)26-18(22)24/h4,8-11H,5-7H2,1-3H3/t9-,10-,11?/m1/s1. The van der Waals surface area contributed by atoms with Gasteiger partial charge in [-0.25, -0.2) is 9.18 Å². The molecular formula is C18H20FN3O5. The highest BCUT2D eigenvalue weighted by molar-refractivity contribution is 6.03. The number of rotatable bonds is 3. The number of ether oxygens (including phenoxy) is 2. The summed E-state index contributed by atoms with van der Waals surface area (Å²) >= 11 is 0. The predicted molar refractivity (Wildman–Crippen MR) is 94.9 cm³/mol. The van der Waals surface area contributed by atoms with Crippen LogP contribution in [0.4, 0.5) is 20.7 Å². The number of morpholine rings is 1. The van der Waals surface area contributed by atoms with Gasteiger partial charge < -0.3 is 18.9 Å².